The molecule has 1 N–H and O–H groups in total. The quantitative estimate of drug-likeness (QED) is 0.912. The number of carbonyl (C=O) groups excluding carboxylic acids is 1. The van der Waals surface area contributed by atoms with Crippen LogP contribution in [0.3, 0.4) is 0 Å². The Balaban J connectivity index is 2.06. The van der Waals surface area contributed by atoms with Crippen molar-refractivity contribution in [1.29, 1.82) is 0 Å². The van der Waals surface area contributed by atoms with Crippen molar-refractivity contribution in [2.45, 2.75) is 20.8 Å². The van der Waals surface area contributed by atoms with Crippen molar-refractivity contribution in [3.05, 3.63) is 54.1 Å². The van der Waals surface area contributed by atoms with Crippen LogP contribution in [0.5, 0.6) is 0 Å². The highest BCUT2D eigenvalue weighted by atomic mass is 16.2. The van der Waals surface area contributed by atoms with Gasteiger partial charge in [0, 0.05) is 5.56 Å². The van der Waals surface area contributed by atoms with Gasteiger partial charge in [0.1, 0.15) is 0 Å². The number of carbonyl (C=O) groups is 1. The van der Waals surface area contributed by atoms with E-state index in [9.17, 15) is 4.79 Å². The Labute approximate surface area is 125 Å². The van der Waals surface area contributed by atoms with Gasteiger partial charge in [-0.2, -0.15) is 0 Å². The van der Waals surface area contributed by atoms with Crippen LogP contribution in [-0.2, 0) is 4.79 Å². The van der Waals surface area contributed by atoms with Crippen LogP contribution in [0.4, 0.5) is 5.69 Å². The summed E-state index contributed by atoms with van der Waals surface area (Å²) in [6.07, 6.45) is 0. The fraction of sp³-hybridized carbons (Fsp3) is 0.278. The zero-order chi connectivity index (χ0) is 15.0. The Morgan fingerprint density at radius 3 is 2.43 bits per heavy atom. The maximum Gasteiger partial charge on any atom is 0.246 e. The number of hydrogen-bond donors (Lipinski definition) is 1. The molecule has 108 valence electrons. The summed E-state index contributed by atoms with van der Waals surface area (Å²) in [5.41, 5.74) is 7.19. The minimum absolute atomic E-state index is 0.0714. The van der Waals surface area contributed by atoms with E-state index in [0.29, 0.717) is 6.54 Å². The molecule has 0 radical (unpaired) electrons. The summed E-state index contributed by atoms with van der Waals surface area (Å²) in [4.78, 5) is 12.0. The second kappa shape index (κ2) is 4.92. The van der Waals surface area contributed by atoms with Crippen LogP contribution in [-0.4, -0.2) is 12.5 Å². The van der Waals surface area contributed by atoms with Gasteiger partial charge in [-0.25, -0.2) is 0 Å². The first-order valence-electron chi connectivity index (χ1n) is 7.22. The van der Waals surface area contributed by atoms with Gasteiger partial charge >= 0.3 is 0 Å². The maximum atomic E-state index is 12.0. The van der Waals surface area contributed by atoms with Gasteiger partial charge in [-0.05, 0) is 38.5 Å². The number of hydrazine groups is 1. The Hall–Kier alpha value is -2.29. The summed E-state index contributed by atoms with van der Waals surface area (Å²) in [5.74, 6) is 0.0714. The molecule has 1 heterocycles. The monoisotopic (exact) mass is 280 g/mol. The van der Waals surface area contributed by atoms with Gasteiger partial charge in [-0.1, -0.05) is 42.0 Å². The maximum absolute atomic E-state index is 12.0. The minimum atomic E-state index is -0.362. The highest BCUT2D eigenvalue weighted by Crippen LogP contribution is 2.35. The van der Waals surface area contributed by atoms with Crippen LogP contribution < -0.4 is 10.4 Å². The van der Waals surface area contributed by atoms with Gasteiger partial charge in [-0.15, -0.1) is 0 Å². The lowest BCUT2D eigenvalue weighted by Gasteiger charge is -2.22. The second-order valence-corrected chi connectivity index (χ2v) is 6.30. The predicted octanol–water partition coefficient (Wildman–Crippen LogP) is 3.54. The Morgan fingerprint density at radius 2 is 1.81 bits per heavy atom. The van der Waals surface area contributed by atoms with Gasteiger partial charge in [0.05, 0.1) is 17.6 Å². The molecule has 0 saturated carbocycles. The third-order valence-corrected chi connectivity index (χ3v) is 3.93. The van der Waals surface area contributed by atoms with Crippen LogP contribution in [0.2, 0.25) is 0 Å². The number of aryl methyl sites for hydroxylation is 1. The second-order valence-electron chi connectivity index (χ2n) is 6.30. The molecule has 0 atom stereocenters. The largest absolute Gasteiger partial charge is 0.284 e. The molecule has 3 nitrogen and oxygen atoms in total. The van der Waals surface area contributed by atoms with Crippen LogP contribution >= 0.6 is 0 Å². The van der Waals surface area contributed by atoms with E-state index in [-0.39, 0.29) is 11.3 Å². The molecule has 0 bridgehead atoms. The Kier molecular flexibility index (Phi) is 3.20. The van der Waals surface area contributed by atoms with Gasteiger partial charge < -0.3 is 0 Å². The molecule has 1 saturated heterocycles. The van der Waals surface area contributed by atoms with Gasteiger partial charge in [-0.3, -0.25) is 15.2 Å². The summed E-state index contributed by atoms with van der Waals surface area (Å²) in [6.45, 7) is 6.70. The molecule has 2 aromatic rings. The van der Waals surface area contributed by atoms with Gasteiger partial charge in [0.25, 0.3) is 0 Å². The third kappa shape index (κ3) is 2.51. The van der Waals surface area contributed by atoms with Crippen LogP contribution in [0, 0.1) is 12.3 Å². The van der Waals surface area contributed by atoms with E-state index in [1.54, 1.807) is 0 Å². The van der Waals surface area contributed by atoms with Gasteiger partial charge in [0.2, 0.25) is 5.91 Å². The normalized spacial score (nSPS) is 16.9. The molecule has 2 aromatic carbocycles. The smallest absolute Gasteiger partial charge is 0.246 e. The molecule has 1 aliphatic heterocycles. The number of rotatable bonds is 2. The summed E-state index contributed by atoms with van der Waals surface area (Å²) in [7, 11) is 0. The molecule has 3 rings (SSSR count). The molecule has 3 heteroatoms. The summed E-state index contributed by atoms with van der Waals surface area (Å²) < 4.78 is 0. The van der Waals surface area contributed by atoms with Crippen molar-refractivity contribution in [3.8, 4) is 11.1 Å². The topological polar surface area (TPSA) is 32.3 Å². The van der Waals surface area contributed by atoms with E-state index in [1.165, 1.54) is 5.56 Å². The summed E-state index contributed by atoms with van der Waals surface area (Å²) in [6, 6.07) is 16.6. The summed E-state index contributed by atoms with van der Waals surface area (Å²) in [5, 5.41) is 1.96. The van der Waals surface area contributed by atoms with Crippen LogP contribution in [0.15, 0.2) is 48.5 Å². The lowest BCUT2D eigenvalue weighted by atomic mass is 9.94. The van der Waals surface area contributed by atoms with E-state index >= 15 is 0 Å². The number of anilines is 1. The molecule has 1 amide bonds. The number of nitrogens with zero attached hydrogens (tertiary/aromatic N) is 1. The SMILES string of the molecule is Cc1ccc(N2CC(C)(C)C(=O)N2)c(-c2ccccc2)c1. The molecule has 1 fully saturated rings. The number of nitrogens with one attached hydrogen (secondary N) is 1. The molecule has 1 aliphatic rings. The molecule has 21 heavy (non-hydrogen) atoms. The van der Waals surface area contributed by atoms with Crippen molar-refractivity contribution in [1.82, 2.24) is 5.43 Å². The van der Waals surface area contributed by atoms with E-state index in [0.717, 1.165) is 16.8 Å². The number of benzene rings is 2. The number of hydrogen-bond acceptors (Lipinski definition) is 2. The minimum Gasteiger partial charge on any atom is -0.284 e. The fourth-order valence-corrected chi connectivity index (χ4v) is 2.66. The number of amides is 1. The lowest BCUT2D eigenvalue weighted by molar-refractivity contribution is -0.125. The van der Waals surface area contributed by atoms with Crippen molar-refractivity contribution < 1.29 is 4.79 Å². The van der Waals surface area contributed by atoms with E-state index in [4.69, 9.17) is 0 Å². The van der Waals surface area contributed by atoms with Gasteiger partial charge in [0.15, 0.2) is 0 Å². The van der Waals surface area contributed by atoms with E-state index < -0.39 is 0 Å². The van der Waals surface area contributed by atoms with E-state index in [2.05, 4.69) is 42.7 Å². The molecule has 0 unspecified atom stereocenters. The first-order chi connectivity index (χ1) is 9.97. The van der Waals surface area contributed by atoms with Crippen molar-refractivity contribution in [2.24, 2.45) is 5.41 Å². The highest BCUT2D eigenvalue weighted by Gasteiger charge is 2.38. The highest BCUT2D eigenvalue weighted by molar-refractivity contribution is 5.89. The van der Waals surface area contributed by atoms with Crippen LogP contribution in [0.1, 0.15) is 19.4 Å². The standard InChI is InChI=1S/C18H20N2O/c1-13-9-10-16(20-12-18(2,3)17(21)19-20)15(11-13)14-7-5-4-6-8-14/h4-11H,12H2,1-3H3,(H,19,21). The molecule has 0 aromatic heterocycles. The zero-order valence-corrected chi connectivity index (χ0v) is 12.7. The Bertz CT molecular complexity index is 677. The fourth-order valence-electron chi connectivity index (χ4n) is 2.66. The first-order valence-corrected chi connectivity index (χ1v) is 7.22. The molecular weight excluding hydrogens is 260 g/mol. The van der Waals surface area contributed by atoms with Crippen LogP contribution in [0.25, 0.3) is 11.1 Å². The van der Waals surface area contributed by atoms with Crippen molar-refractivity contribution in [3.63, 3.8) is 0 Å². The third-order valence-electron chi connectivity index (χ3n) is 3.93. The molecule has 0 aliphatic carbocycles. The van der Waals surface area contributed by atoms with Crippen molar-refractivity contribution in [2.75, 3.05) is 11.6 Å². The predicted molar refractivity (Wildman–Crippen MR) is 85.9 cm³/mol. The first kappa shape index (κ1) is 13.7. The summed E-state index contributed by atoms with van der Waals surface area (Å²) >= 11 is 0. The molecule has 0 spiro atoms. The zero-order valence-electron chi connectivity index (χ0n) is 12.7. The lowest BCUT2D eigenvalue weighted by Crippen LogP contribution is -2.33. The molecular formula is C18H20N2O. The average Bonchev–Trinajstić information content (AvgIpc) is 2.73. The average molecular weight is 280 g/mol. The van der Waals surface area contributed by atoms with Crippen molar-refractivity contribution >= 4 is 11.6 Å². The van der Waals surface area contributed by atoms with E-state index in [1.807, 2.05) is 37.1 Å². The Morgan fingerprint density at radius 1 is 1.10 bits per heavy atom.